The van der Waals surface area contributed by atoms with E-state index >= 15 is 0 Å². The average Bonchev–Trinajstić information content (AvgIpc) is 2.44. The largest absolute Gasteiger partial charge is 0.365 e. The summed E-state index contributed by atoms with van der Waals surface area (Å²) in [4.78, 5) is 20.7. The van der Waals surface area contributed by atoms with E-state index in [4.69, 9.17) is 5.73 Å². The summed E-state index contributed by atoms with van der Waals surface area (Å²) >= 11 is 0. The van der Waals surface area contributed by atoms with Gasteiger partial charge in [-0.2, -0.15) is 0 Å². The number of pyridine rings is 1. The van der Waals surface area contributed by atoms with Crippen LogP contribution in [0, 0.1) is 13.8 Å². The number of primary amides is 1. The minimum atomic E-state index is -0.413. The molecule has 1 saturated heterocycles. The van der Waals surface area contributed by atoms with Gasteiger partial charge in [0.25, 0.3) is 5.91 Å². The van der Waals surface area contributed by atoms with E-state index in [-0.39, 0.29) is 0 Å². The van der Waals surface area contributed by atoms with Crippen molar-refractivity contribution >= 4 is 11.7 Å². The van der Waals surface area contributed by atoms with Crippen LogP contribution < -0.4 is 16.0 Å². The zero-order chi connectivity index (χ0) is 15.4. The van der Waals surface area contributed by atoms with Gasteiger partial charge in [0.1, 0.15) is 5.82 Å². The van der Waals surface area contributed by atoms with Crippen molar-refractivity contribution in [2.75, 3.05) is 51.2 Å². The molecule has 6 nitrogen and oxygen atoms in total. The average molecular weight is 291 g/mol. The third kappa shape index (κ3) is 3.92. The van der Waals surface area contributed by atoms with Gasteiger partial charge in [-0.15, -0.1) is 0 Å². The molecule has 0 spiro atoms. The Kier molecular flexibility index (Phi) is 5.14. The molecule has 116 valence electrons. The summed E-state index contributed by atoms with van der Waals surface area (Å²) in [5.41, 5.74) is 7.84. The second-order valence-corrected chi connectivity index (χ2v) is 5.66. The maximum Gasteiger partial charge on any atom is 0.252 e. The Morgan fingerprint density at radius 2 is 2.10 bits per heavy atom. The Balaban J connectivity index is 2.10. The third-order valence-electron chi connectivity index (χ3n) is 3.89. The molecule has 2 heterocycles. The topological polar surface area (TPSA) is 74.5 Å². The Hall–Kier alpha value is -1.66. The quantitative estimate of drug-likeness (QED) is 0.807. The molecular formula is C15H25N5O. The number of rotatable bonds is 5. The van der Waals surface area contributed by atoms with E-state index in [2.05, 4.69) is 15.2 Å². The summed E-state index contributed by atoms with van der Waals surface area (Å²) < 4.78 is 0. The fourth-order valence-electron chi connectivity index (χ4n) is 2.73. The molecule has 1 aliphatic rings. The number of piperazine rings is 1. The van der Waals surface area contributed by atoms with Crippen LogP contribution in [0.3, 0.4) is 0 Å². The van der Waals surface area contributed by atoms with Crippen LogP contribution in [0.5, 0.6) is 0 Å². The van der Waals surface area contributed by atoms with Gasteiger partial charge in [0, 0.05) is 52.0 Å². The molecule has 0 aliphatic carbocycles. The van der Waals surface area contributed by atoms with Crippen LogP contribution in [0.4, 0.5) is 5.82 Å². The highest BCUT2D eigenvalue weighted by Gasteiger charge is 2.18. The van der Waals surface area contributed by atoms with Gasteiger partial charge in [0.2, 0.25) is 0 Å². The number of aryl methyl sites for hydroxylation is 2. The number of carbonyl (C=O) groups excluding carboxylic acids is 1. The number of aromatic nitrogens is 1. The van der Waals surface area contributed by atoms with Crippen molar-refractivity contribution in [3.63, 3.8) is 0 Å². The molecule has 0 saturated carbocycles. The van der Waals surface area contributed by atoms with Crippen LogP contribution in [0.2, 0.25) is 0 Å². The summed E-state index contributed by atoms with van der Waals surface area (Å²) in [7, 11) is 1.97. The first-order valence-electron chi connectivity index (χ1n) is 7.41. The van der Waals surface area contributed by atoms with Gasteiger partial charge in [-0.1, -0.05) is 0 Å². The lowest BCUT2D eigenvalue weighted by molar-refractivity contribution is 0.1000. The molecule has 21 heavy (non-hydrogen) atoms. The van der Waals surface area contributed by atoms with Gasteiger partial charge in [0.15, 0.2) is 0 Å². The maximum atomic E-state index is 11.7. The lowest BCUT2D eigenvalue weighted by Gasteiger charge is -2.30. The van der Waals surface area contributed by atoms with E-state index < -0.39 is 5.91 Å². The Labute approximate surface area is 126 Å². The molecule has 0 unspecified atom stereocenters. The number of nitrogens with zero attached hydrogens (tertiary/aromatic N) is 3. The predicted octanol–water partition coefficient (Wildman–Crippen LogP) is 0.139. The number of nitrogens with one attached hydrogen (secondary N) is 1. The van der Waals surface area contributed by atoms with Crippen molar-refractivity contribution in [1.29, 1.82) is 0 Å². The van der Waals surface area contributed by atoms with E-state index in [1.165, 1.54) is 0 Å². The van der Waals surface area contributed by atoms with E-state index in [0.29, 0.717) is 11.4 Å². The number of amides is 1. The molecule has 1 aliphatic heterocycles. The zero-order valence-electron chi connectivity index (χ0n) is 13.1. The number of hydrogen-bond acceptors (Lipinski definition) is 5. The van der Waals surface area contributed by atoms with Crippen molar-refractivity contribution in [2.24, 2.45) is 5.73 Å². The lowest BCUT2D eigenvalue weighted by Crippen LogP contribution is -2.46. The minimum Gasteiger partial charge on any atom is -0.365 e. The molecule has 1 aromatic rings. The molecule has 0 aromatic carbocycles. The second kappa shape index (κ2) is 6.87. The first-order valence-corrected chi connectivity index (χ1v) is 7.41. The van der Waals surface area contributed by atoms with Crippen LogP contribution >= 0.6 is 0 Å². The highest BCUT2D eigenvalue weighted by Crippen LogP contribution is 2.21. The van der Waals surface area contributed by atoms with Gasteiger partial charge >= 0.3 is 0 Å². The van der Waals surface area contributed by atoms with Crippen molar-refractivity contribution in [3.8, 4) is 0 Å². The Morgan fingerprint density at radius 3 is 2.71 bits per heavy atom. The van der Waals surface area contributed by atoms with Crippen molar-refractivity contribution in [2.45, 2.75) is 13.8 Å². The molecule has 3 N–H and O–H groups in total. The van der Waals surface area contributed by atoms with Crippen molar-refractivity contribution in [1.82, 2.24) is 15.2 Å². The van der Waals surface area contributed by atoms with E-state index in [1.807, 2.05) is 31.9 Å². The van der Waals surface area contributed by atoms with Crippen LogP contribution in [0.15, 0.2) is 6.07 Å². The number of carbonyl (C=O) groups is 1. The molecule has 1 fully saturated rings. The highest BCUT2D eigenvalue weighted by molar-refractivity contribution is 5.99. The first kappa shape index (κ1) is 15.7. The number of likely N-dealkylation sites (N-methyl/N-ethyl adjacent to an activating group) is 1. The monoisotopic (exact) mass is 291 g/mol. The Morgan fingerprint density at radius 1 is 1.43 bits per heavy atom. The smallest absolute Gasteiger partial charge is 0.252 e. The van der Waals surface area contributed by atoms with E-state index in [0.717, 1.165) is 50.5 Å². The van der Waals surface area contributed by atoms with E-state index in [9.17, 15) is 4.79 Å². The van der Waals surface area contributed by atoms with Crippen LogP contribution in [0.25, 0.3) is 0 Å². The highest BCUT2D eigenvalue weighted by atomic mass is 16.1. The molecule has 1 amide bonds. The molecular weight excluding hydrogens is 266 g/mol. The van der Waals surface area contributed by atoms with Crippen LogP contribution in [-0.4, -0.2) is 62.1 Å². The van der Waals surface area contributed by atoms with Gasteiger partial charge in [-0.25, -0.2) is 4.98 Å². The molecule has 0 radical (unpaired) electrons. The third-order valence-corrected chi connectivity index (χ3v) is 3.89. The maximum absolute atomic E-state index is 11.7. The molecule has 2 rings (SSSR count). The van der Waals surface area contributed by atoms with Crippen LogP contribution in [-0.2, 0) is 0 Å². The summed E-state index contributed by atoms with van der Waals surface area (Å²) in [6.07, 6.45) is 0. The second-order valence-electron chi connectivity index (χ2n) is 5.66. The fourth-order valence-corrected chi connectivity index (χ4v) is 2.73. The minimum absolute atomic E-state index is 0.413. The summed E-state index contributed by atoms with van der Waals surface area (Å²) in [6.45, 7) is 9.85. The van der Waals surface area contributed by atoms with Gasteiger partial charge < -0.3 is 16.0 Å². The van der Waals surface area contributed by atoms with E-state index in [1.54, 1.807) is 0 Å². The van der Waals surface area contributed by atoms with Crippen molar-refractivity contribution < 1.29 is 4.79 Å². The summed E-state index contributed by atoms with van der Waals surface area (Å²) in [6, 6.07) is 1.90. The normalized spacial score (nSPS) is 16.0. The standard InChI is InChI=1S/C15H25N5O/c1-11-10-12(2)18-15(13(11)14(16)21)19(3)8-9-20-6-4-17-5-7-20/h10,17H,4-9H2,1-3H3,(H2,16,21). The van der Waals surface area contributed by atoms with Crippen LogP contribution in [0.1, 0.15) is 21.6 Å². The van der Waals surface area contributed by atoms with Gasteiger partial charge in [0.05, 0.1) is 5.56 Å². The summed E-state index contributed by atoms with van der Waals surface area (Å²) in [5, 5.41) is 3.34. The Bertz CT molecular complexity index is 511. The first-order chi connectivity index (χ1) is 9.99. The van der Waals surface area contributed by atoms with Crippen molar-refractivity contribution in [3.05, 3.63) is 22.9 Å². The zero-order valence-corrected chi connectivity index (χ0v) is 13.1. The SMILES string of the molecule is Cc1cc(C)c(C(N)=O)c(N(C)CCN2CCNCC2)n1. The molecule has 1 aromatic heterocycles. The number of nitrogens with two attached hydrogens (primary N) is 1. The number of anilines is 1. The van der Waals surface area contributed by atoms with Gasteiger partial charge in [-0.05, 0) is 25.5 Å². The predicted molar refractivity (Wildman–Crippen MR) is 84.8 cm³/mol. The van der Waals surface area contributed by atoms with Gasteiger partial charge in [-0.3, -0.25) is 9.69 Å². The summed E-state index contributed by atoms with van der Waals surface area (Å²) in [5.74, 6) is 0.277. The number of hydrogen-bond donors (Lipinski definition) is 2. The lowest BCUT2D eigenvalue weighted by atomic mass is 10.1. The molecule has 0 bridgehead atoms. The molecule has 0 atom stereocenters. The molecule has 6 heteroatoms. The fraction of sp³-hybridized carbons (Fsp3) is 0.600.